The second-order valence-corrected chi connectivity index (χ2v) is 6.45. The summed E-state index contributed by atoms with van der Waals surface area (Å²) in [5.41, 5.74) is 4.29. The highest BCUT2D eigenvalue weighted by Gasteiger charge is 2.26. The van der Waals surface area contributed by atoms with Crippen LogP contribution in [-0.4, -0.2) is 34.5 Å². The van der Waals surface area contributed by atoms with Crippen LogP contribution in [-0.2, 0) is 13.0 Å². The van der Waals surface area contributed by atoms with E-state index >= 15 is 0 Å². The molecule has 22 heavy (non-hydrogen) atoms. The fourth-order valence-electron chi connectivity index (χ4n) is 2.50. The smallest absolute Gasteiger partial charge is 0.270 e. The number of hydrogen-bond acceptors (Lipinski definition) is 6. The molecule has 0 aromatic carbocycles. The van der Waals surface area contributed by atoms with Gasteiger partial charge in [-0.2, -0.15) is 0 Å². The van der Waals surface area contributed by atoms with E-state index < -0.39 is 0 Å². The Morgan fingerprint density at radius 3 is 2.91 bits per heavy atom. The highest BCUT2D eigenvalue weighted by Crippen LogP contribution is 2.26. The summed E-state index contributed by atoms with van der Waals surface area (Å²) in [6.07, 6.45) is 0.760. The van der Waals surface area contributed by atoms with Crippen LogP contribution in [0.4, 0.5) is 5.82 Å². The predicted molar refractivity (Wildman–Crippen MR) is 86.4 cm³/mol. The zero-order valence-electron chi connectivity index (χ0n) is 13.0. The fraction of sp³-hybridized carbons (Fsp3) is 0.467. The lowest BCUT2D eigenvalue weighted by Gasteiger charge is -2.25. The number of aromatic nitrogens is 3. The Labute approximate surface area is 133 Å². The molecule has 0 saturated carbocycles. The van der Waals surface area contributed by atoms with Gasteiger partial charge in [0.25, 0.3) is 5.91 Å². The van der Waals surface area contributed by atoms with Gasteiger partial charge in [-0.3, -0.25) is 4.79 Å². The molecule has 3 heterocycles. The van der Waals surface area contributed by atoms with Crippen molar-refractivity contribution >= 4 is 23.1 Å². The Kier molecular flexibility index (Phi) is 4.06. The van der Waals surface area contributed by atoms with Crippen LogP contribution in [0.2, 0.25) is 0 Å². The normalized spacial score (nSPS) is 13.9. The Morgan fingerprint density at radius 2 is 2.23 bits per heavy atom. The third kappa shape index (κ3) is 2.81. The van der Waals surface area contributed by atoms with Crippen LogP contribution in [0.15, 0.2) is 10.9 Å². The van der Waals surface area contributed by atoms with Crippen molar-refractivity contribution in [1.29, 1.82) is 0 Å². The largest absolute Gasteiger partial charge is 0.353 e. The third-order valence-corrected chi connectivity index (χ3v) is 4.27. The van der Waals surface area contributed by atoms with Gasteiger partial charge in [-0.25, -0.2) is 15.0 Å². The molecule has 0 atom stereocenters. The van der Waals surface area contributed by atoms with Crippen LogP contribution in [0.1, 0.15) is 47.3 Å². The van der Waals surface area contributed by atoms with Gasteiger partial charge in [0.05, 0.1) is 17.7 Å². The zero-order chi connectivity index (χ0) is 15.7. The van der Waals surface area contributed by atoms with Crippen LogP contribution in [0.3, 0.4) is 0 Å². The van der Waals surface area contributed by atoms with Gasteiger partial charge < -0.3 is 10.2 Å². The molecular weight excluding hydrogens is 298 g/mol. The molecule has 1 amide bonds. The lowest BCUT2D eigenvalue weighted by Crippen LogP contribution is -2.35. The average Bonchev–Trinajstić information content (AvgIpc) is 2.99. The highest BCUT2D eigenvalue weighted by atomic mass is 32.1. The van der Waals surface area contributed by atoms with E-state index in [1.165, 1.54) is 0 Å². The second kappa shape index (κ2) is 6.00. The summed E-state index contributed by atoms with van der Waals surface area (Å²) in [6, 6.07) is 0. The molecule has 1 N–H and O–H groups in total. The molecule has 6 nitrogen and oxygen atoms in total. The van der Waals surface area contributed by atoms with Gasteiger partial charge in [0.15, 0.2) is 0 Å². The first kappa shape index (κ1) is 14.9. The molecule has 0 radical (unpaired) electrons. The number of nitrogens with one attached hydrogen (secondary N) is 1. The van der Waals surface area contributed by atoms with Crippen LogP contribution in [0, 0.1) is 0 Å². The molecule has 0 aliphatic carbocycles. The molecule has 1 aliphatic rings. The first-order chi connectivity index (χ1) is 10.6. The lowest BCUT2D eigenvalue weighted by atomic mass is 10.0. The topological polar surface area (TPSA) is 71.0 Å². The molecule has 0 fully saturated rings. The molecule has 2 aromatic heterocycles. The summed E-state index contributed by atoms with van der Waals surface area (Å²) < 4.78 is 0. The van der Waals surface area contributed by atoms with Crippen molar-refractivity contribution in [3.05, 3.63) is 33.7 Å². The number of carbonyl (C=O) groups excluding carboxylic acids is 1. The average molecular weight is 317 g/mol. The van der Waals surface area contributed by atoms with Crippen molar-refractivity contribution in [2.24, 2.45) is 0 Å². The molecule has 0 saturated heterocycles. The van der Waals surface area contributed by atoms with Gasteiger partial charge in [-0.1, -0.05) is 13.8 Å². The minimum absolute atomic E-state index is 0.103. The van der Waals surface area contributed by atoms with Crippen molar-refractivity contribution in [3.8, 4) is 0 Å². The summed E-state index contributed by atoms with van der Waals surface area (Å²) in [7, 11) is 1.98. The standard InChI is InChI=1S/C15H19N5OS/c1-9(2)13-18-12-11(4-5-16-15(12)21)14(19-13)20(3)6-10-7-22-8-17-10/h7-9H,4-6H2,1-3H3,(H,16,21). The molecule has 3 rings (SSSR count). The summed E-state index contributed by atoms with van der Waals surface area (Å²) in [4.78, 5) is 27.7. The monoisotopic (exact) mass is 317 g/mol. The van der Waals surface area contributed by atoms with E-state index in [1.54, 1.807) is 11.3 Å². The first-order valence-corrected chi connectivity index (χ1v) is 8.27. The number of rotatable bonds is 4. The van der Waals surface area contributed by atoms with E-state index in [9.17, 15) is 4.79 Å². The van der Waals surface area contributed by atoms with Gasteiger partial charge in [-0.15, -0.1) is 11.3 Å². The van der Waals surface area contributed by atoms with Gasteiger partial charge in [0, 0.05) is 30.5 Å². The molecule has 0 unspecified atom stereocenters. The number of carbonyl (C=O) groups is 1. The maximum Gasteiger partial charge on any atom is 0.270 e. The van der Waals surface area contributed by atoms with Crippen LogP contribution >= 0.6 is 11.3 Å². The summed E-state index contributed by atoms with van der Waals surface area (Å²) in [5, 5.41) is 4.89. The number of fused-ring (bicyclic) bond motifs is 1. The molecule has 0 spiro atoms. The quantitative estimate of drug-likeness (QED) is 0.933. The molecule has 0 bridgehead atoms. The van der Waals surface area contributed by atoms with Crippen molar-refractivity contribution in [1.82, 2.24) is 20.3 Å². The molecule has 7 heteroatoms. The van der Waals surface area contributed by atoms with Crippen LogP contribution in [0.25, 0.3) is 0 Å². The summed E-state index contributed by atoms with van der Waals surface area (Å²) in [6.45, 7) is 5.37. The predicted octanol–water partition coefficient (Wildman–Crippen LogP) is 1.98. The van der Waals surface area contributed by atoms with Crippen molar-refractivity contribution in [3.63, 3.8) is 0 Å². The number of nitrogens with zero attached hydrogens (tertiary/aromatic N) is 4. The van der Waals surface area contributed by atoms with E-state index in [0.29, 0.717) is 24.6 Å². The Balaban J connectivity index is 2.03. The lowest BCUT2D eigenvalue weighted by molar-refractivity contribution is 0.0940. The van der Waals surface area contributed by atoms with Crippen LogP contribution in [0.5, 0.6) is 0 Å². The first-order valence-electron chi connectivity index (χ1n) is 7.33. The Bertz CT molecular complexity index is 683. The Morgan fingerprint density at radius 1 is 1.41 bits per heavy atom. The molecule has 2 aromatic rings. The van der Waals surface area contributed by atoms with Crippen molar-refractivity contribution < 1.29 is 4.79 Å². The van der Waals surface area contributed by atoms with Gasteiger partial charge >= 0.3 is 0 Å². The zero-order valence-corrected chi connectivity index (χ0v) is 13.8. The number of thiazole rings is 1. The summed E-state index contributed by atoms with van der Waals surface area (Å²) >= 11 is 1.58. The maximum atomic E-state index is 12.1. The van der Waals surface area contributed by atoms with Crippen molar-refractivity contribution in [2.75, 3.05) is 18.5 Å². The van der Waals surface area contributed by atoms with Crippen LogP contribution < -0.4 is 10.2 Å². The molecule has 116 valence electrons. The highest BCUT2D eigenvalue weighted by molar-refractivity contribution is 7.07. The molecular formula is C15H19N5OS. The molecule has 1 aliphatic heterocycles. The van der Waals surface area contributed by atoms with Gasteiger partial charge in [-0.05, 0) is 6.42 Å². The third-order valence-electron chi connectivity index (χ3n) is 3.64. The van der Waals surface area contributed by atoms with E-state index in [2.05, 4.69) is 20.2 Å². The van der Waals surface area contributed by atoms with E-state index in [4.69, 9.17) is 4.98 Å². The minimum Gasteiger partial charge on any atom is -0.353 e. The SMILES string of the molecule is CC(C)c1nc2c(c(N(C)Cc3cscn3)n1)CCNC2=O. The van der Waals surface area contributed by atoms with E-state index in [-0.39, 0.29) is 11.8 Å². The van der Waals surface area contributed by atoms with E-state index in [1.807, 2.05) is 31.8 Å². The van der Waals surface area contributed by atoms with Crippen molar-refractivity contribution in [2.45, 2.75) is 32.7 Å². The maximum absolute atomic E-state index is 12.1. The number of hydrogen-bond donors (Lipinski definition) is 1. The van der Waals surface area contributed by atoms with Gasteiger partial charge in [0.1, 0.15) is 17.3 Å². The summed E-state index contributed by atoms with van der Waals surface area (Å²) in [5.74, 6) is 1.62. The number of anilines is 1. The van der Waals surface area contributed by atoms with Gasteiger partial charge in [0.2, 0.25) is 0 Å². The Hall–Kier alpha value is -2.02. The second-order valence-electron chi connectivity index (χ2n) is 5.73. The fourth-order valence-corrected chi connectivity index (χ4v) is 3.05. The minimum atomic E-state index is -0.103. The number of amides is 1. The van der Waals surface area contributed by atoms with E-state index in [0.717, 1.165) is 23.5 Å².